The number of nitrogens with one attached hydrogen (secondary N) is 1. The topological polar surface area (TPSA) is 99.6 Å². The lowest BCUT2D eigenvalue weighted by atomic mass is 10.0. The summed E-state index contributed by atoms with van der Waals surface area (Å²) in [7, 11) is 0. The van der Waals surface area contributed by atoms with Gasteiger partial charge in [-0.1, -0.05) is 35.3 Å². The number of carbonyl (C=O) groups is 3. The van der Waals surface area contributed by atoms with Gasteiger partial charge in [-0.3, -0.25) is 14.5 Å². The lowest BCUT2D eigenvalue weighted by Crippen LogP contribution is -2.31. The number of hydrogen-bond donors (Lipinski definition) is 2. The average molecular weight is 652 g/mol. The molecule has 3 aromatic rings. The second-order valence-electron chi connectivity index (χ2n) is 8.40. The van der Waals surface area contributed by atoms with Gasteiger partial charge in [-0.15, -0.1) is 11.3 Å². The molecule has 0 unspecified atom stereocenters. The lowest BCUT2D eigenvalue weighted by molar-refractivity contribution is -0.143. The van der Waals surface area contributed by atoms with Crippen molar-refractivity contribution in [1.29, 1.82) is 0 Å². The minimum atomic E-state index is -4.99. The standard InChI is InChI=1S/C24H15F6N3O4S4/c1-10-18(20(36)37)41-21(31-10)32-17(34)2-3-33-19(35)16(40-22(33)38)8-15-6-12(9-39-15)11-4-13(23(25,26)27)7-14(5-11)24(28,29)30/h4-9H,2-3H2,1H3,(H,36,37)(H,31,32,34). The number of carbonyl (C=O) groups excluding carboxylic acids is 2. The van der Waals surface area contributed by atoms with E-state index in [1.807, 2.05) is 0 Å². The van der Waals surface area contributed by atoms with Gasteiger partial charge in [-0.05, 0) is 53.8 Å². The number of rotatable bonds is 7. The van der Waals surface area contributed by atoms with Crippen LogP contribution in [0.4, 0.5) is 31.5 Å². The smallest absolute Gasteiger partial charge is 0.416 e. The van der Waals surface area contributed by atoms with Gasteiger partial charge < -0.3 is 10.4 Å². The number of hydrogen-bond acceptors (Lipinski definition) is 8. The van der Waals surface area contributed by atoms with Crippen LogP contribution in [0.3, 0.4) is 0 Å². The first-order chi connectivity index (χ1) is 19.0. The Hall–Kier alpha value is -3.28. The van der Waals surface area contributed by atoms with Crippen molar-refractivity contribution in [3.05, 3.63) is 61.1 Å². The number of carboxylic acid groups (broad SMARTS) is 1. The molecule has 1 aromatic carbocycles. The fourth-order valence-corrected chi connectivity index (χ4v) is 6.61. The number of thioether (sulfide) groups is 1. The van der Waals surface area contributed by atoms with Crippen molar-refractivity contribution >= 4 is 80.0 Å². The molecule has 3 heterocycles. The van der Waals surface area contributed by atoms with Crippen LogP contribution in [0.25, 0.3) is 17.2 Å². The Kier molecular flexibility index (Phi) is 8.63. The molecule has 41 heavy (non-hydrogen) atoms. The summed E-state index contributed by atoms with van der Waals surface area (Å²) in [5, 5.41) is 13.0. The predicted octanol–water partition coefficient (Wildman–Crippen LogP) is 7.15. The molecule has 4 rings (SSSR count). The van der Waals surface area contributed by atoms with Crippen molar-refractivity contribution in [2.45, 2.75) is 25.7 Å². The zero-order chi connectivity index (χ0) is 30.3. The Balaban J connectivity index is 1.46. The number of alkyl halides is 6. The van der Waals surface area contributed by atoms with Crippen molar-refractivity contribution in [3.63, 3.8) is 0 Å². The van der Waals surface area contributed by atoms with Crippen LogP contribution in [-0.4, -0.2) is 43.6 Å². The zero-order valence-electron chi connectivity index (χ0n) is 20.3. The van der Waals surface area contributed by atoms with Gasteiger partial charge in [0.1, 0.15) is 9.20 Å². The minimum absolute atomic E-state index is 0.0204. The summed E-state index contributed by atoms with van der Waals surface area (Å²) in [6.45, 7) is 1.39. The third-order valence-corrected chi connectivity index (χ3v) is 8.81. The molecule has 0 atom stereocenters. The number of aromatic carboxylic acids is 1. The van der Waals surface area contributed by atoms with E-state index in [-0.39, 0.29) is 55.1 Å². The van der Waals surface area contributed by atoms with Gasteiger partial charge in [0.2, 0.25) is 5.91 Å². The molecule has 0 bridgehead atoms. The SMILES string of the molecule is Cc1nc(NC(=O)CCN2C(=O)C(=Cc3cc(-c4cc(C(F)(F)F)cc(C(F)(F)F)c4)cs3)SC2=S)sc1C(=O)O. The number of nitrogens with zero attached hydrogens (tertiary/aromatic N) is 2. The Morgan fingerprint density at radius 1 is 1.07 bits per heavy atom. The van der Waals surface area contributed by atoms with E-state index < -0.39 is 41.3 Å². The van der Waals surface area contributed by atoms with Crippen LogP contribution in [0.5, 0.6) is 0 Å². The van der Waals surface area contributed by atoms with Gasteiger partial charge in [0, 0.05) is 17.8 Å². The molecule has 2 aromatic heterocycles. The van der Waals surface area contributed by atoms with E-state index in [1.165, 1.54) is 29.3 Å². The zero-order valence-corrected chi connectivity index (χ0v) is 23.6. The van der Waals surface area contributed by atoms with Crippen LogP contribution < -0.4 is 5.32 Å². The molecule has 7 nitrogen and oxygen atoms in total. The molecule has 0 aliphatic carbocycles. The number of anilines is 1. The fourth-order valence-electron chi connectivity index (χ4n) is 3.57. The van der Waals surface area contributed by atoms with E-state index in [0.29, 0.717) is 17.0 Å². The highest BCUT2D eigenvalue weighted by Gasteiger charge is 2.37. The Morgan fingerprint density at radius 2 is 1.71 bits per heavy atom. The van der Waals surface area contributed by atoms with E-state index in [9.17, 15) is 40.7 Å². The number of carboxylic acids is 1. The van der Waals surface area contributed by atoms with Crippen LogP contribution in [0.2, 0.25) is 0 Å². The number of thiophene rings is 1. The van der Waals surface area contributed by atoms with Gasteiger partial charge in [-0.25, -0.2) is 9.78 Å². The summed E-state index contributed by atoms with van der Waals surface area (Å²) in [5.41, 5.74) is -2.81. The summed E-state index contributed by atoms with van der Waals surface area (Å²) in [6, 6.07) is 2.66. The molecule has 0 spiro atoms. The van der Waals surface area contributed by atoms with E-state index >= 15 is 0 Å². The first-order valence-corrected chi connectivity index (χ1v) is 14.1. The number of halogens is 6. The first kappa shape index (κ1) is 30.7. The number of amides is 2. The second-order valence-corrected chi connectivity index (χ2v) is 12.0. The molecule has 1 aliphatic rings. The Morgan fingerprint density at radius 3 is 2.27 bits per heavy atom. The molecule has 1 saturated heterocycles. The predicted molar refractivity (Wildman–Crippen MR) is 147 cm³/mol. The number of thiazole rings is 1. The van der Waals surface area contributed by atoms with Crippen LogP contribution in [0.15, 0.2) is 34.6 Å². The van der Waals surface area contributed by atoms with Crippen LogP contribution in [0.1, 0.15) is 37.8 Å². The van der Waals surface area contributed by atoms with Crippen molar-refractivity contribution < 1.29 is 45.8 Å². The molecule has 1 aliphatic heterocycles. The summed E-state index contributed by atoms with van der Waals surface area (Å²) in [4.78, 5) is 42.0. The maximum Gasteiger partial charge on any atom is 0.416 e. The van der Waals surface area contributed by atoms with Crippen LogP contribution >= 0.6 is 46.7 Å². The van der Waals surface area contributed by atoms with Gasteiger partial charge >= 0.3 is 18.3 Å². The van der Waals surface area contributed by atoms with Crippen molar-refractivity contribution in [3.8, 4) is 11.1 Å². The fraction of sp³-hybridized carbons (Fsp3) is 0.208. The molecule has 2 N–H and O–H groups in total. The van der Waals surface area contributed by atoms with Gasteiger partial charge in [0.15, 0.2) is 5.13 Å². The molecule has 216 valence electrons. The number of aryl methyl sites for hydroxylation is 1. The highest BCUT2D eigenvalue weighted by Crippen LogP contribution is 2.40. The van der Waals surface area contributed by atoms with Crippen LogP contribution in [-0.2, 0) is 21.9 Å². The highest BCUT2D eigenvalue weighted by atomic mass is 32.2. The number of benzene rings is 1. The van der Waals surface area contributed by atoms with Gasteiger partial charge in [0.05, 0.1) is 21.7 Å². The van der Waals surface area contributed by atoms with E-state index in [0.717, 1.165) is 34.4 Å². The molecule has 0 radical (unpaired) electrons. The highest BCUT2D eigenvalue weighted by molar-refractivity contribution is 8.26. The van der Waals surface area contributed by atoms with Crippen LogP contribution in [0, 0.1) is 6.92 Å². The second kappa shape index (κ2) is 11.5. The number of thiocarbonyl (C=S) groups is 1. The lowest BCUT2D eigenvalue weighted by Gasteiger charge is -2.13. The van der Waals surface area contributed by atoms with Gasteiger partial charge in [0.25, 0.3) is 5.91 Å². The summed E-state index contributed by atoms with van der Waals surface area (Å²) in [5.74, 6) is -2.24. The van der Waals surface area contributed by atoms with E-state index in [4.69, 9.17) is 17.3 Å². The van der Waals surface area contributed by atoms with Crippen molar-refractivity contribution in [2.75, 3.05) is 11.9 Å². The molecule has 0 saturated carbocycles. The molecular weight excluding hydrogens is 637 g/mol. The van der Waals surface area contributed by atoms with Gasteiger partial charge in [-0.2, -0.15) is 26.3 Å². The number of aromatic nitrogens is 1. The van der Waals surface area contributed by atoms with E-state index in [1.54, 1.807) is 0 Å². The van der Waals surface area contributed by atoms with E-state index in [2.05, 4.69) is 10.3 Å². The Bertz CT molecular complexity index is 1560. The van der Waals surface area contributed by atoms with Crippen molar-refractivity contribution in [1.82, 2.24) is 9.88 Å². The minimum Gasteiger partial charge on any atom is -0.477 e. The summed E-state index contributed by atoms with van der Waals surface area (Å²) < 4.78 is 79.5. The maximum atomic E-state index is 13.2. The quantitative estimate of drug-likeness (QED) is 0.159. The first-order valence-electron chi connectivity index (χ1n) is 11.2. The average Bonchev–Trinajstić information content (AvgIpc) is 3.54. The summed E-state index contributed by atoms with van der Waals surface area (Å²) in [6.07, 6.45) is -8.74. The molecular formula is C24H15F6N3O4S4. The molecule has 1 fully saturated rings. The third kappa shape index (κ3) is 7.14. The molecule has 17 heteroatoms. The Labute approximate surface area is 244 Å². The maximum absolute atomic E-state index is 13.2. The summed E-state index contributed by atoms with van der Waals surface area (Å²) >= 11 is 7.96. The largest absolute Gasteiger partial charge is 0.477 e. The normalized spacial score (nSPS) is 15.2. The third-order valence-electron chi connectivity index (χ3n) is 5.49. The molecule has 2 amide bonds. The monoisotopic (exact) mass is 651 g/mol. The van der Waals surface area contributed by atoms with Crippen molar-refractivity contribution in [2.24, 2.45) is 0 Å².